The lowest BCUT2D eigenvalue weighted by molar-refractivity contribution is -0.0160. The average molecular weight is 227 g/mol. The van der Waals surface area contributed by atoms with Crippen molar-refractivity contribution in [2.45, 2.75) is 52.9 Å². The Labute approximate surface area is 101 Å². The van der Waals surface area contributed by atoms with Gasteiger partial charge in [-0.2, -0.15) is 0 Å². The molecule has 0 spiro atoms. The van der Waals surface area contributed by atoms with Crippen molar-refractivity contribution in [1.82, 2.24) is 5.32 Å². The topological polar surface area (TPSA) is 21.3 Å². The molecule has 0 saturated carbocycles. The second-order valence-corrected chi connectivity index (χ2v) is 5.34. The van der Waals surface area contributed by atoms with E-state index in [-0.39, 0.29) is 0 Å². The fraction of sp³-hybridized carbons (Fsp3) is 1.00. The lowest BCUT2D eigenvalue weighted by Crippen LogP contribution is -2.44. The molecule has 1 N–H and O–H groups in total. The largest absolute Gasteiger partial charge is 0.381 e. The van der Waals surface area contributed by atoms with E-state index in [0.29, 0.717) is 5.41 Å². The first-order chi connectivity index (χ1) is 7.75. The fourth-order valence-electron chi connectivity index (χ4n) is 2.88. The summed E-state index contributed by atoms with van der Waals surface area (Å²) in [5.41, 5.74) is 0.503. The summed E-state index contributed by atoms with van der Waals surface area (Å²) in [4.78, 5) is 0. The molecule has 16 heavy (non-hydrogen) atoms. The smallest absolute Gasteiger partial charge is 0.0471 e. The summed E-state index contributed by atoms with van der Waals surface area (Å²) in [5.74, 6) is 0.825. The number of rotatable bonds is 7. The van der Waals surface area contributed by atoms with Crippen molar-refractivity contribution in [3.8, 4) is 0 Å². The molecule has 1 unspecified atom stereocenters. The van der Waals surface area contributed by atoms with Gasteiger partial charge < -0.3 is 10.1 Å². The summed E-state index contributed by atoms with van der Waals surface area (Å²) in [6, 6.07) is 0. The van der Waals surface area contributed by atoms with E-state index in [2.05, 4.69) is 26.1 Å². The van der Waals surface area contributed by atoms with Gasteiger partial charge in [0.05, 0.1) is 0 Å². The molecular weight excluding hydrogens is 198 g/mol. The van der Waals surface area contributed by atoms with Crippen molar-refractivity contribution in [3.05, 3.63) is 0 Å². The van der Waals surface area contributed by atoms with Crippen LogP contribution >= 0.6 is 0 Å². The summed E-state index contributed by atoms with van der Waals surface area (Å²) in [5, 5.41) is 3.63. The van der Waals surface area contributed by atoms with Crippen LogP contribution in [0, 0.1) is 11.3 Å². The molecule has 0 aromatic carbocycles. The summed E-state index contributed by atoms with van der Waals surface area (Å²) < 4.78 is 5.53. The summed E-state index contributed by atoms with van der Waals surface area (Å²) in [6.45, 7) is 11.2. The van der Waals surface area contributed by atoms with Gasteiger partial charge >= 0.3 is 0 Å². The number of nitrogens with one attached hydrogen (secondary N) is 1. The van der Waals surface area contributed by atoms with Crippen molar-refractivity contribution in [2.75, 3.05) is 26.3 Å². The van der Waals surface area contributed by atoms with Gasteiger partial charge in [0, 0.05) is 19.8 Å². The van der Waals surface area contributed by atoms with Crippen LogP contribution in [-0.2, 0) is 4.74 Å². The third-order valence-corrected chi connectivity index (χ3v) is 4.16. The Balaban J connectivity index is 2.52. The van der Waals surface area contributed by atoms with Gasteiger partial charge in [-0.05, 0) is 37.1 Å². The zero-order valence-corrected chi connectivity index (χ0v) is 11.3. The minimum Gasteiger partial charge on any atom is -0.381 e. The second kappa shape index (κ2) is 7.29. The molecule has 1 aliphatic rings. The highest BCUT2D eigenvalue weighted by molar-refractivity contribution is 4.88. The Hall–Kier alpha value is -0.0800. The molecule has 0 amide bonds. The van der Waals surface area contributed by atoms with Gasteiger partial charge in [-0.25, -0.2) is 0 Å². The van der Waals surface area contributed by atoms with Gasteiger partial charge in [-0.3, -0.25) is 0 Å². The van der Waals surface area contributed by atoms with E-state index in [4.69, 9.17) is 4.74 Å². The maximum Gasteiger partial charge on any atom is 0.0471 e. The Morgan fingerprint density at radius 3 is 2.44 bits per heavy atom. The molecule has 0 aliphatic carbocycles. The molecule has 0 aromatic heterocycles. The van der Waals surface area contributed by atoms with Crippen LogP contribution in [0.2, 0.25) is 0 Å². The maximum absolute atomic E-state index is 5.53. The van der Waals surface area contributed by atoms with Crippen molar-refractivity contribution in [2.24, 2.45) is 11.3 Å². The zero-order valence-electron chi connectivity index (χ0n) is 11.3. The highest BCUT2D eigenvalue weighted by Gasteiger charge is 2.36. The highest BCUT2D eigenvalue weighted by atomic mass is 16.5. The summed E-state index contributed by atoms with van der Waals surface area (Å²) >= 11 is 0. The molecule has 1 fully saturated rings. The average Bonchev–Trinajstić information content (AvgIpc) is 2.31. The van der Waals surface area contributed by atoms with E-state index in [0.717, 1.165) is 25.7 Å². The maximum atomic E-state index is 5.53. The first-order valence-electron chi connectivity index (χ1n) is 7.03. The fourth-order valence-corrected chi connectivity index (χ4v) is 2.88. The molecule has 0 aromatic rings. The minimum atomic E-state index is 0.503. The SMILES string of the molecule is CCCNCC1(C(C)CCC)CCOCC1. The van der Waals surface area contributed by atoms with E-state index in [9.17, 15) is 0 Å². The summed E-state index contributed by atoms with van der Waals surface area (Å²) in [7, 11) is 0. The van der Waals surface area contributed by atoms with Crippen LogP contribution in [0.3, 0.4) is 0 Å². The number of hydrogen-bond donors (Lipinski definition) is 1. The van der Waals surface area contributed by atoms with Crippen molar-refractivity contribution >= 4 is 0 Å². The molecule has 1 heterocycles. The summed E-state index contributed by atoms with van der Waals surface area (Å²) in [6.07, 6.45) is 6.37. The number of hydrogen-bond acceptors (Lipinski definition) is 2. The van der Waals surface area contributed by atoms with Crippen LogP contribution in [0.15, 0.2) is 0 Å². The van der Waals surface area contributed by atoms with Gasteiger partial charge in [-0.1, -0.05) is 33.6 Å². The third-order valence-electron chi connectivity index (χ3n) is 4.16. The standard InChI is InChI=1S/C14H29NO/c1-4-6-13(3)14(12-15-9-5-2)7-10-16-11-8-14/h13,15H,4-12H2,1-3H3. The molecule has 2 nitrogen and oxygen atoms in total. The van der Waals surface area contributed by atoms with Crippen LogP contribution in [0.1, 0.15) is 52.9 Å². The molecule has 1 atom stereocenters. The van der Waals surface area contributed by atoms with Crippen molar-refractivity contribution < 1.29 is 4.74 Å². The van der Waals surface area contributed by atoms with Gasteiger partial charge in [0.25, 0.3) is 0 Å². The predicted molar refractivity (Wildman–Crippen MR) is 69.7 cm³/mol. The Morgan fingerprint density at radius 2 is 1.88 bits per heavy atom. The van der Waals surface area contributed by atoms with E-state index in [1.165, 1.54) is 38.6 Å². The van der Waals surface area contributed by atoms with Crippen LogP contribution < -0.4 is 5.32 Å². The number of ether oxygens (including phenoxy) is 1. The van der Waals surface area contributed by atoms with Crippen LogP contribution in [-0.4, -0.2) is 26.3 Å². The molecular formula is C14H29NO. The van der Waals surface area contributed by atoms with Gasteiger partial charge in [0.1, 0.15) is 0 Å². The van der Waals surface area contributed by atoms with E-state index < -0.39 is 0 Å². The van der Waals surface area contributed by atoms with Crippen molar-refractivity contribution in [3.63, 3.8) is 0 Å². The minimum absolute atomic E-state index is 0.503. The zero-order chi connectivity index (χ0) is 11.9. The predicted octanol–water partition coefficient (Wildman–Crippen LogP) is 3.22. The quantitative estimate of drug-likeness (QED) is 0.674. The lowest BCUT2D eigenvalue weighted by atomic mass is 9.69. The molecule has 1 aliphatic heterocycles. The van der Waals surface area contributed by atoms with E-state index >= 15 is 0 Å². The lowest BCUT2D eigenvalue weighted by Gasteiger charge is -2.42. The molecule has 1 rings (SSSR count). The normalized spacial score (nSPS) is 21.9. The molecule has 0 radical (unpaired) electrons. The monoisotopic (exact) mass is 227 g/mol. The molecule has 0 bridgehead atoms. The first-order valence-corrected chi connectivity index (χ1v) is 7.03. The van der Waals surface area contributed by atoms with E-state index in [1.54, 1.807) is 0 Å². The Bertz CT molecular complexity index is 176. The van der Waals surface area contributed by atoms with Crippen molar-refractivity contribution in [1.29, 1.82) is 0 Å². The Kier molecular flexibility index (Phi) is 6.37. The van der Waals surface area contributed by atoms with Crippen LogP contribution in [0.25, 0.3) is 0 Å². The van der Waals surface area contributed by atoms with Gasteiger partial charge in [-0.15, -0.1) is 0 Å². The van der Waals surface area contributed by atoms with Crippen LogP contribution in [0.5, 0.6) is 0 Å². The third kappa shape index (κ3) is 3.74. The highest BCUT2D eigenvalue weighted by Crippen LogP contribution is 2.39. The van der Waals surface area contributed by atoms with E-state index in [1.807, 2.05) is 0 Å². The van der Waals surface area contributed by atoms with Crippen LogP contribution in [0.4, 0.5) is 0 Å². The molecule has 2 heteroatoms. The van der Waals surface area contributed by atoms with Gasteiger partial charge in [0.15, 0.2) is 0 Å². The first kappa shape index (κ1) is 14.0. The molecule has 96 valence electrons. The van der Waals surface area contributed by atoms with Gasteiger partial charge in [0.2, 0.25) is 0 Å². The molecule has 1 saturated heterocycles. The second-order valence-electron chi connectivity index (χ2n) is 5.34. The Morgan fingerprint density at radius 1 is 1.19 bits per heavy atom.